The number of rotatable bonds is 2. The Morgan fingerprint density at radius 3 is 2.67 bits per heavy atom. The SMILES string of the molecule is Cc1cc(F)cc(C(=O)c2cccc(Cl)c2N)c1. The van der Waals surface area contributed by atoms with E-state index in [2.05, 4.69) is 0 Å². The van der Waals surface area contributed by atoms with Crippen LogP contribution >= 0.6 is 11.6 Å². The topological polar surface area (TPSA) is 43.1 Å². The zero-order chi connectivity index (χ0) is 13.3. The minimum Gasteiger partial charge on any atom is -0.397 e. The summed E-state index contributed by atoms with van der Waals surface area (Å²) in [7, 11) is 0. The van der Waals surface area contributed by atoms with E-state index >= 15 is 0 Å². The Morgan fingerprint density at radius 2 is 2.00 bits per heavy atom. The van der Waals surface area contributed by atoms with Gasteiger partial charge in [-0.05, 0) is 42.8 Å². The molecule has 92 valence electrons. The standard InChI is InChI=1S/C14H11ClFNO/c1-8-5-9(7-10(16)6-8)14(18)11-3-2-4-12(15)13(11)17/h2-7H,17H2,1H3. The third-order valence-electron chi connectivity index (χ3n) is 2.60. The van der Waals surface area contributed by atoms with Crippen molar-refractivity contribution in [2.75, 3.05) is 5.73 Å². The molecule has 2 aromatic rings. The van der Waals surface area contributed by atoms with E-state index in [1.165, 1.54) is 12.1 Å². The first-order chi connectivity index (χ1) is 8.49. The largest absolute Gasteiger partial charge is 0.397 e. The molecule has 0 saturated carbocycles. The number of carbonyl (C=O) groups is 1. The Kier molecular flexibility index (Phi) is 3.34. The molecule has 4 heteroatoms. The highest BCUT2D eigenvalue weighted by molar-refractivity contribution is 6.34. The predicted molar refractivity (Wildman–Crippen MR) is 70.4 cm³/mol. The van der Waals surface area contributed by atoms with Crippen molar-refractivity contribution in [3.05, 3.63) is 63.9 Å². The molecule has 0 unspecified atom stereocenters. The molecule has 0 bridgehead atoms. The van der Waals surface area contributed by atoms with Gasteiger partial charge in [0.05, 0.1) is 10.7 Å². The third kappa shape index (κ3) is 2.36. The molecule has 2 rings (SSSR count). The number of nitrogens with two attached hydrogens (primary N) is 1. The van der Waals surface area contributed by atoms with Crippen LogP contribution in [0.1, 0.15) is 21.5 Å². The normalized spacial score (nSPS) is 10.4. The average Bonchev–Trinajstić information content (AvgIpc) is 2.30. The van der Waals surface area contributed by atoms with Crippen molar-refractivity contribution in [3.63, 3.8) is 0 Å². The predicted octanol–water partition coefficient (Wildman–Crippen LogP) is 3.60. The van der Waals surface area contributed by atoms with Gasteiger partial charge in [-0.25, -0.2) is 4.39 Å². The minimum absolute atomic E-state index is 0.214. The summed E-state index contributed by atoms with van der Waals surface area (Å²) in [5.41, 5.74) is 7.19. The van der Waals surface area contributed by atoms with Gasteiger partial charge >= 0.3 is 0 Å². The number of para-hydroxylation sites is 1. The van der Waals surface area contributed by atoms with Gasteiger partial charge in [-0.1, -0.05) is 17.7 Å². The number of carbonyl (C=O) groups excluding carboxylic acids is 1. The molecule has 0 atom stereocenters. The molecule has 0 saturated heterocycles. The van der Waals surface area contributed by atoms with Gasteiger partial charge in [0.2, 0.25) is 0 Å². The molecule has 0 radical (unpaired) electrons. The van der Waals surface area contributed by atoms with E-state index in [1.54, 1.807) is 31.2 Å². The number of nitrogen functional groups attached to an aromatic ring is 1. The maximum Gasteiger partial charge on any atom is 0.195 e. The van der Waals surface area contributed by atoms with E-state index in [9.17, 15) is 9.18 Å². The lowest BCUT2D eigenvalue weighted by molar-refractivity contribution is 0.103. The summed E-state index contributed by atoms with van der Waals surface area (Å²) in [5.74, 6) is -0.781. The van der Waals surface area contributed by atoms with Gasteiger partial charge in [0.15, 0.2) is 5.78 Å². The van der Waals surface area contributed by atoms with Crippen LogP contribution in [-0.2, 0) is 0 Å². The van der Waals surface area contributed by atoms with Crippen molar-refractivity contribution in [1.29, 1.82) is 0 Å². The number of aryl methyl sites for hydroxylation is 1. The molecule has 2 nitrogen and oxygen atoms in total. The highest BCUT2D eigenvalue weighted by Crippen LogP contribution is 2.25. The Labute approximate surface area is 109 Å². The molecular weight excluding hydrogens is 253 g/mol. The van der Waals surface area contributed by atoms with Gasteiger partial charge < -0.3 is 5.73 Å². The van der Waals surface area contributed by atoms with Gasteiger partial charge in [0.1, 0.15) is 5.82 Å². The molecule has 0 aliphatic rings. The van der Waals surface area contributed by atoms with E-state index in [0.29, 0.717) is 10.6 Å². The molecule has 0 fully saturated rings. The molecule has 0 spiro atoms. The van der Waals surface area contributed by atoms with Crippen LogP contribution in [0.15, 0.2) is 36.4 Å². The van der Waals surface area contributed by atoms with Gasteiger partial charge in [-0.3, -0.25) is 4.79 Å². The van der Waals surface area contributed by atoms with Crippen molar-refractivity contribution in [3.8, 4) is 0 Å². The molecule has 18 heavy (non-hydrogen) atoms. The lowest BCUT2D eigenvalue weighted by Crippen LogP contribution is -2.06. The zero-order valence-corrected chi connectivity index (χ0v) is 10.5. The Morgan fingerprint density at radius 1 is 1.28 bits per heavy atom. The highest BCUT2D eigenvalue weighted by atomic mass is 35.5. The molecule has 0 heterocycles. The van der Waals surface area contributed by atoms with Gasteiger partial charge in [0, 0.05) is 11.1 Å². The Hall–Kier alpha value is -1.87. The molecule has 0 aromatic heterocycles. The second kappa shape index (κ2) is 4.78. The second-order valence-electron chi connectivity index (χ2n) is 4.05. The summed E-state index contributed by atoms with van der Waals surface area (Å²) in [4.78, 5) is 12.2. The van der Waals surface area contributed by atoms with Crippen molar-refractivity contribution in [2.24, 2.45) is 0 Å². The van der Waals surface area contributed by atoms with Crippen LogP contribution in [0.4, 0.5) is 10.1 Å². The summed E-state index contributed by atoms with van der Waals surface area (Å²) < 4.78 is 13.3. The molecule has 0 aliphatic heterocycles. The number of anilines is 1. The van der Waals surface area contributed by atoms with Gasteiger partial charge in [-0.15, -0.1) is 0 Å². The first kappa shape index (κ1) is 12.6. The highest BCUT2D eigenvalue weighted by Gasteiger charge is 2.15. The van der Waals surface area contributed by atoms with E-state index < -0.39 is 5.82 Å². The summed E-state index contributed by atoms with van der Waals surface area (Å²) in [6.07, 6.45) is 0. The molecular formula is C14H11ClFNO. The number of halogens is 2. The lowest BCUT2D eigenvalue weighted by Gasteiger charge is -2.07. The van der Waals surface area contributed by atoms with Gasteiger partial charge in [0.25, 0.3) is 0 Å². The van der Waals surface area contributed by atoms with Crippen LogP contribution in [-0.4, -0.2) is 5.78 Å². The quantitative estimate of drug-likeness (QED) is 0.664. The smallest absolute Gasteiger partial charge is 0.195 e. The summed E-state index contributed by atoms with van der Waals surface area (Å²) in [6.45, 7) is 1.72. The second-order valence-corrected chi connectivity index (χ2v) is 4.45. The summed E-state index contributed by atoms with van der Waals surface area (Å²) >= 11 is 5.86. The Bertz CT molecular complexity index is 605. The first-order valence-corrected chi connectivity index (χ1v) is 5.72. The van der Waals surface area contributed by atoms with Crippen LogP contribution in [0.3, 0.4) is 0 Å². The lowest BCUT2D eigenvalue weighted by atomic mass is 10.00. The number of hydrogen-bond donors (Lipinski definition) is 1. The van der Waals surface area contributed by atoms with Crippen LogP contribution in [0.25, 0.3) is 0 Å². The van der Waals surface area contributed by atoms with E-state index in [-0.39, 0.29) is 22.6 Å². The molecule has 2 aromatic carbocycles. The maximum atomic E-state index is 13.3. The monoisotopic (exact) mass is 263 g/mol. The van der Waals surface area contributed by atoms with Crippen LogP contribution < -0.4 is 5.73 Å². The van der Waals surface area contributed by atoms with Crippen molar-refractivity contribution >= 4 is 23.1 Å². The van der Waals surface area contributed by atoms with Crippen LogP contribution in [0.5, 0.6) is 0 Å². The summed E-state index contributed by atoms with van der Waals surface area (Å²) in [6, 6.07) is 8.98. The van der Waals surface area contributed by atoms with Crippen LogP contribution in [0.2, 0.25) is 5.02 Å². The molecule has 2 N–H and O–H groups in total. The van der Waals surface area contributed by atoms with Crippen molar-refractivity contribution < 1.29 is 9.18 Å². The van der Waals surface area contributed by atoms with E-state index in [4.69, 9.17) is 17.3 Å². The molecule has 0 aliphatic carbocycles. The van der Waals surface area contributed by atoms with Gasteiger partial charge in [-0.2, -0.15) is 0 Å². The van der Waals surface area contributed by atoms with E-state index in [1.807, 2.05) is 0 Å². The first-order valence-electron chi connectivity index (χ1n) is 5.35. The van der Waals surface area contributed by atoms with Crippen molar-refractivity contribution in [2.45, 2.75) is 6.92 Å². The third-order valence-corrected chi connectivity index (χ3v) is 2.93. The van der Waals surface area contributed by atoms with Crippen LogP contribution in [0, 0.1) is 12.7 Å². The number of hydrogen-bond acceptors (Lipinski definition) is 2. The fourth-order valence-corrected chi connectivity index (χ4v) is 1.93. The zero-order valence-electron chi connectivity index (χ0n) is 9.71. The fraction of sp³-hybridized carbons (Fsp3) is 0.0714. The Balaban J connectivity index is 2.51. The fourth-order valence-electron chi connectivity index (χ4n) is 1.76. The van der Waals surface area contributed by atoms with E-state index in [0.717, 1.165) is 0 Å². The van der Waals surface area contributed by atoms with Crippen molar-refractivity contribution in [1.82, 2.24) is 0 Å². The average molecular weight is 264 g/mol. The molecule has 0 amide bonds. The summed E-state index contributed by atoms with van der Waals surface area (Å²) in [5, 5.41) is 0.314. The number of benzene rings is 2. The minimum atomic E-state index is -0.445. The number of ketones is 1. The maximum absolute atomic E-state index is 13.3.